The molecule has 0 fully saturated rings. The normalized spacial score (nSPS) is 12.9. The molecule has 0 aliphatic rings. The predicted octanol–water partition coefficient (Wildman–Crippen LogP) is 1.68. The third-order valence-corrected chi connectivity index (χ3v) is 4.93. The zero-order valence-corrected chi connectivity index (χ0v) is 17.2. The number of aliphatic imine (C=N–C) groups is 1. The van der Waals surface area contributed by atoms with E-state index < -0.39 is 9.84 Å². The molecule has 0 amide bonds. The summed E-state index contributed by atoms with van der Waals surface area (Å²) < 4.78 is 28.2. The molecule has 1 heterocycles. The minimum Gasteiger partial charge on any atom is -0.356 e. The minimum absolute atomic E-state index is 0.183. The fraction of sp³-hybridized carbons (Fsp3) is 0.500. The molecule has 2 rings (SSSR count). The summed E-state index contributed by atoms with van der Waals surface area (Å²) in [6, 6.07) is 6.89. The van der Waals surface area contributed by atoms with Crippen molar-refractivity contribution in [2.45, 2.75) is 44.0 Å². The molecule has 0 aliphatic heterocycles. The van der Waals surface area contributed by atoms with Gasteiger partial charge in [-0.05, 0) is 24.1 Å². The lowest BCUT2D eigenvalue weighted by Crippen LogP contribution is -2.38. The lowest BCUT2D eigenvalue weighted by atomic mass is 9.97. The molecule has 0 saturated carbocycles. The number of hydrogen-bond acceptors (Lipinski definition) is 6. The highest BCUT2D eigenvalue weighted by atomic mass is 32.2. The van der Waals surface area contributed by atoms with Crippen LogP contribution in [0.2, 0.25) is 0 Å². The minimum atomic E-state index is -3.16. The van der Waals surface area contributed by atoms with E-state index in [2.05, 4.69) is 25.8 Å². The van der Waals surface area contributed by atoms with Gasteiger partial charge < -0.3 is 15.2 Å². The van der Waals surface area contributed by atoms with Crippen molar-refractivity contribution in [1.82, 2.24) is 20.8 Å². The quantitative estimate of drug-likeness (QED) is 0.567. The van der Waals surface area contributed by atoms with Gasteiger partial charge >= 0.3 is 0 Å². The first-order valence-corrected chi connectivity index (χ1v) is 10.6. The molecule has 9 heteroatoms. The molecule has 2 N–H and O–H groups in total. The molecule has 1 aromatic heterocycles. The van der Waals surface area contributed by atoms with Crippen LogP contribution in [-0.2, 0) is 28.2 Å². The second kappa shape index (κ2) is 8.51. The Bertz CT molecular complexity index is 880. The van der Waals surface area contributed by atoms with Crippen molar-refractivity contribution in [3.63, 3.8) is 0 Å². The van der Waals surface area contributed by atoms with Crippen LogP contribution in [0, 0.1) is 0 Å². The van der Waals surface area contributed by atoms with Crippen molar-refractivity contribution in [1.29, 1.82) is 0 Å². The summed E-state index contributed by atoms with van der Waals surface area (Å²) in [5.74, 6) is 1.80. The third kappa shape index (κ3) is 6.35. The fourth-order valence-electron chi connectivity index (χ4n) is 2.24. The fourth-order valence-corrected chi connectivity index (χ4v) is 2.87. The van der Waals surface area contributed by atoms with Crippen LogP contribution in [0.15, 0.2) is 38.7 Å². The maximum atomic E-state index is 11.5. The second-order valence-electron chi connectivity index (χ2n) is 7.28. The smallest absolute Gasteiger partial charge is 0.232 e. The van der Waals surface area contributed by atoms with Gasteiger partial charge in [0.2, 0.25) is 5.89 Å². The maximum Gasteiger partial charge on any atom is 0.232 e. The number of rotatable bonds is 6. The number of guanidine groups is 1. The summed E-state index contributed by atoms with van der Waals surface area (Å²) in [5.41, 5.74) is 0.857. The van der Waals surface area contributed by atoms with Crippen molar-refractivity contribution in [2.24, 2.45) is 4.99 Å². The Morgan fingerprint density at radius 3 is 2.37 bits per heavy atom. The number of nitrogens with zero attached hydrogens (tertiary/aromatic N) is 3. The van der Waals surface area contributed by atoms with E-state index in [1.54, 1.807) is 19.2 Å². The maximum absolute atomic E-state index is 11.5. The van der Waals surface area contributed by atoms with Gasteiger partial charge in [0, 0.05) is 25.3 Å². The van der Waals surface area contributed by atoms with Gasteiger partial charge in [0.1, 0.15) is 0 Å². The Morgan fingerprint density at radius 1 is 1.19 bits per heavy atom. The molecule has 27 heavy (non-hydrogen) atoms. The molecule has 0 atom stereocenters. The second-order valence-corrected chi connectivity index (χ2v) is 9.30. The summed E-state index contributed by atoms with van der Waals surface area (Å²) in [7, 11) is -1.48. The molecule has 8 nitrogen and oxygen atoms in total. The average Bonchev–Trinajstić information content (AvgIpc) is 3.07. The first-order valence-electron chi connectivity index (χ1n) is 8.66. The first kappa shape index (κ1) is 20.9. The molecule has 148 valence electrons. The van der Waals surface area contributed by atoms with Crippen molar-refractivity contribution in [2.75, 3.05) is 19.8 Å². The number of nitrogens with one attached hydrogen (secondary N) is 2. The number of benzene rings is 1. The Balaban J connectivity index is 1.81. The molecular formula is C18H27N5O3S. The molecule has 1 aromatic carbocycles. The SMILES string of the molecule is CN=C(NCCc1ccc(S(C)(=O)=O)cc1)NCc1noc(C(C)(C)C)n1. The van der Waals surface area contributed by atoms with Gasteiger partial charge in [-0.2, -0.15) is 4.98 Å². The highest BCUT2D eigenvalue weighted by Crippen LogP contribution is 2.19. The topological polar surface area (TPSA) is 109 Å². The zero-order valence-electron chi connectivity index (χ0n) is 16.4. The average molecular weight is 394 g/mol. The van der Waals surface area contributed by atoms with Gasteiger partial charge in [-0.1, -0.05) is 38.1 Å². The lowest BCUT2D eigenvalue weighted by Gasteiger charge is -2.11. The van der Waals surface area contributed by atoms with E-state index >= 15 is 0 Å². The molecule has 2 aromatic rings. The van der Waals surface area contributed by atoms with Crippen LogP contribution in [0.1, 0.15) is 38.0 Å². The third-order valence-electron chi connectivity index (χ3n) is 3.80. The van der Waals surface area contributed by atoms with Crippen LogP contribution in [0.4, 0.5) is 0 Å². The summed E-state index contributed by atoms with van der Waals surface area (Å²) in [6.45, 7) is 7.10. The van der Waals surface area contributed by atoms with Crippen LogP contribution in [-0.4, -0.2) is 44.4 Å². The molecule has 0 bridgehead atoms. The number of aromatic nitrogens is 2. The van der Waals surface area contributed by atoms with E-state index in [4.69, 9.17) is 4.52 Å². The molecular weight excluding hydrogens is 366 g/mol. The van der Waals surface area contributed by atoms with Gasteiger partial charge in [0.05, 0.1) is 11.4 Å². The number of hydrogen-bond donors (Lipinski definition) is 2. The predicted molar refractivity (Wildman–Crippen MR) is 104 cm³/mol. The standard InChI is InChI=1S/C18H27N5O3S/c1-18(2,3)16-22-15(23-26-16)12-21-17(19-4)20-11-10-13-6-8-14(9-7-13)27(5,24)25/h6-9H,10-12H2,1-5H3,(H2,19,20,21). The Labute approximate surface area is 160 Å². The van der Waals surface area contributed by atoms with E-state index in [0.29, 0.717) is 35.7 Å². The molecule has 0 unspecified atom stereocenters. The summed E-state index contributed by atoms with van der Waals surface area (Å²) in [5, 5.41) is 10.3. The monoisotopic (exact) mass is 393 g/mol. The molecule has 0 saturated heterocycles. The Morgan fingerprint density at radius 2 is 1.85 bits per heavy atom. The highest BCUT2D eigenvalue weighted by molar-refractivity contribution is 7.90. The lowest BCUT2D eigenvalue weighted by molar-refractivity contribution is 0.318. The van der Waals surface area contributed by atoms with Crippen LogP contribution < -0.4 is 10.6 Å². The van der Waals surface area contributed by atoms with Crippen LogP contribution in [0.3, 0.4) is 0 Å². The zero-order chi connectivity index (χ0) is 20.1. The summed E-state index contributed by atoms with van der Waals surface area (Å²) in [4.78, 5) is 8.86. The van der Waals surface area contributed by atoms with E-state index in [1.807, 2.05) is 32.9 Å². The van der Waals surface area contributed by atoms with E-state index in [9.17, 15) is 8.42 Å². The summed E-state index contributed by atoms with van der Waals surface area (Å²) in [6.07, 6.45) is 1.94. The summed E-state index contributed by atoms with van der Waals surface area (Å²) >= 11 is 0. The van der Waals surface area contributed by atoms with Gasteiger partial charge in [0.15, 0.2) is 21.6 Å². The van der Waals surface area contributed by atoms with Crippen LogP contribution >= 0.6 is 0 Å². The van der Waals surface area contributed by atoms with Crippen molar-refractivity contribution >= 4 is 15.8 Å². The van der Waals surface area contributed by atoms with Crippen molar-refractivity contribution in [3.05, 3.63) is 41.5 Å². The highest BCUT2D eigenvalue weighted by Gasteiger charge is 2.21. The molecule has 0 aliphatic carbocycles. The van der Waals surface area contributed by atoms with Crippen molar-refractivity contribution in [3.8, 4) is 0 Å². The largest absolute Gasteiger partial charge is 0.356 e. The number of sulfone groups is 1. The Hall–Kier alpha value is -2.42. The van der Waals surface area contributed by atoms with E-state index in [0.717, 1.165) is 12.0 Å². The van der Waals surface area contributed by atoms with E-state index in [1.165, 1.54) is 6.26 Å². The van der Waals surface area contributed by atoms with Gasteiger partial charge in [-0.15, -0.1) is 0 Å². The van der Waals surface area contributed by atoms with Gasteiger partial charge in [0.25, 0.3) is 0 Å². The van der Waals surface area contributed by atoms with Gasteiger partial charge in [-0.25, -0.2) is 8.42 Å². The van der Waals surface area contributed by atoms with Crippen LogP contribution in [0.25, 0.3) is 0 Å². The Kier molecular flexibility index (Phi) is 6.59. The first-order chi connectivity index (χ1) is 12.6. The molecule has 0 spiro atoms. The van der Waals surface area contributed by atoms with Gasteiger partial charge in [-0.3, -0.25) is 4.99 Å². The van der Waals surface area contributed by atoms with Crippen molar-refractivity contribution < 1.29 is 12.9 Å². The van der Waals surface area contributed by atoms with Crippen LogP contribution in [0.5, 0.6) is 0 Å². The molecule has 0 radical (unpaired) electrons. The van der Waals surface area contributed by atoms with E-state index in [-0.39, 0.29) is 5.41 Å².